The third-order valence-corrected chi connectivity index (χ3v) is 3.27. The van der Waals surface area contributed by atoms with Crippen LogP contribution in [0.2, 0.25) is 5.02 Å². The number of nitro benzene ring substituents is 1. The molecule has 1 aromatic rings. The van der Waals surface area contributed by atoms with Crippen LogP contribution in [0, 0.1) is 10.1 Å². The second-order valence-corrected chi connectivity index (χ2v) is 4.78. The number of hydrogen-bond acceptors (Lipinski definition) is 7. The van der Waals surface area contributed by atoms with Crippen molar-refractivity contribution in [1.82, 2.24) is 0 Å². The summed E-state index contributed by atoms with van der Waals surface area (Å²) in [5.74, 6) is 0. The van der Waals surface area contributed by atoms with Crippen LogP contribution < -0.4 is 5.32 Å². The molecule has 9 heteroatoms. The first-order valence-electron chi connectivity index (χ1n) is 5.76. The van der Waals surface area contributed by atoms with E-state index in [1.54, 1.807) is 0 Å². The molecule has 110 valence electrons. The van der Waals surface area contributed by atoms with Crippen LogP contribution in [0.15, 0.2) is 18.2 Å². The number of rotatable bonds is 3. The fourth-order valence-electron chi connectivity index (χ4n) is 1.84. The van der Waals surface area contributed by atoms with Crippen LogP contribution in [0.25, 0.3) is 0 Å². The molecular formula is C11H13ClN2O6. The number of nitro groups is 1. The maximum atomic E-state index is 10.8. The lowest BCUT2D eigenvalue weighted by Gasteiger charge is -2.35. The van der Waals surface area contributed by atoms with E-state index in [0.29, 0.717) is 5.69 Å². The van der Waals surface area contributed by atoms with Gasteiger partial charge in [0.1, 0.15) is 23.3 Å². The van der Waals surface area contributed by atoms with E-state index >= 15 is 0 Å². The van der Waals surface area contributed by atoms with E-state index < -0.39 is 29.5 Å². The molecular weight excluding hydrogens is 292 g/mol. The fourth-order valence-corrected chi connectivity index (χ4v) is 2.03. The summed E-state index contributed by atoms with van der Waals surface area (Å²) in [5.41, 5.74) is 0.0105. The quantitative estimate of drug-likeness (QED) is 0.461. The van der Waals surface area contributed by atoms with Crippen molar-refractivity contribution in [1.29, 1.82) is 0 Å². The van der Waals surface area contributed by atoms with Crippen molar-refractivity contribution < 1.29 is 25.0 Å². The Hall–Kier alpha value is -1.45. The number of aliphatic hydroxyl groups excluding tert-OH is 3. The zero-order valence-electron chi connectivity index (χ0n) is 10.1. The summed E-state index contributed by atoms with van der Waals surface area (Å²) in [4.78, 5) is 10.1. The smallest absolute Gasteiger partial charge is 0.289 e. The van der Waals surface area contributed by atoms with Gasteiger partial charge in [0.05, 0.1) is 11.5 Å². The standard InChI is InChI=1S/C11H13ClN2O6/c12-6-2-1-5(3-7(6)14(18)19)13-11-10(17)9(16)8(15)4-20-11/h1-3,8-11,13,15-17H,4H2/t8-,9-,10+,11+/m1/s1. The third-order valence-electron chi connectivity index (χ3n) is 2.95. The van der Waals surface area contributed by atoms with E-state index in [4.69, 9.17) is 16.3 Å². The highest BCUT2D eigenvalue weighted by molar-refractivity contribution is 6.32. The molecule has 1 aromatic carbocycles. The second-order valence-electron chi connectivity index (χ2n) is 4.37. The van der Waals surface area contributed by atoms with Crippen LogP contribution in [0.4, 0.5) is 11.4 Å². The molecule has 20 heavy (non-hydrogen) atoms. The average molecular weight is 305 g/mol. The lowest BCUT2D eigenvalue weighted by atomic mass is 10.0. The Morgan fingerprint density at radius 1 is 1.35 bits per heavy atom. The minimum atomic E-state index is -1.37. The minimum absolute atomic E-state index is 0.0129. The van der Waals surface area contributed by atoms with Crippen LogP contribution in [0.1, 0.15) is 0 Å². The SMILES string of the molecule is O=[N+]([O-])c1cc(N[C@H]2OC[C@@H](O)[C@@H](O)[C@@H]2O)ccc1Cl. The summed E-state index contributed by atoms with van der Waals surface area (Å²) in [7, 11) is 0. The first-order valence-corrected chi connectivity index (χ1v) is 6.14. The van der Waals surface area contributed by atoms with Crippen molar-refractivity contribution in [2.75, 3.05) is 11.9 Å². The van der Waals surface area contributed by atoms with Gasteiger partial charge >= 0.3 is 0 Å². The first-order chi connectivity index (χ1) is 9.40. The number of nitrogens with one attached hydrogen (secondary N) is 1. The monoisotopic (exact) mass is 304 g/mol. The Bertz CT molecular complexity index is 514. The van der Waals surface area contributed by atoms with Crippen LogP contribution in [-0.2, 0) is 4.74 Å². The molecule has 4 atom stereocenters. The van der Waals surface area contributed by atoms with E-state index in [1.165, 1.54) is 18.2 Å². The number of nitrogens with zero attached hydrogens (tertiary/aromatic N) is 1. The van der Waals surface area contributed by atoms with Crippen LogP contribution in [-0.4, -0.2) is 51.4 Å². The minimum Gasteiger partial charge on any atom is -0.388 e. The summed E-state index contributed by atoms with van der Waals surface area (Å²) in [6.07, 6.45) is -4.89. The largest absolute Gasteiger partial charge is 0.388 e. The van der Waals surface area contributed by atoms with E-state index in [1.807, 2.05) is 0 Å². The molecule has 0 aliphatic carbocycles. The fraction of sp³-hybridized carbons (Fsp3) is 0.455. The van der Waals surface area contributed by atoms with Gasteiger partial charge in [-0.2, -0.15) is 0 Å². The van der Waals surface area contributed by atoms with Crippen molar-refractivity contribution in [3.05, 3.63) is 33.3 Å². The highest BCUT2D eigenvalue weighted by Gasteiger charge is 2.37. The molecule has 1 heterocycles. The number of aliphatic hydroxyl groups is 3. The molecule has 0 bridgehead atoms. The van der Waals surface area contributed by atoms with Gasteiger partial charge in [-0.1, -0.05) is 11.6 Å². The average Bonchev–Trinajstić information content (AvgIpc) is 2.41. The highest BCUT2D eigenvalue weighted by Crippen LogP contribution is 2.28. The molecule has 0 amide bonds. The zero-order valence-corrected chi connectivity index (χ0v) is 10.9. The van der Waals surface area contributed by atoms with Gasteiger partial charge < -0.3 is 25.4 Å². The summed E-state index contributed by atoms with van der Waals surface area (Å²) in [6, 6.07) is 4.00. The van der Waals surface area contributed by atoms with Crippen LogP contribution >= 0.6 is 11.6 Å². The van der Waals surface area contributed by atoms with E-state index in [2.05, 4.69) is 5.32 Å². The van der Waals surface area contributed by atoms with Gasteiger partial charge in [0, 0.05) is 11.8 Å². The molecule has 0 aromatic heterocycles. The Kier molecular flexibility index (Phi) is 4.41. The molecule has 0 radical (unpaired) electrons. The van der Waals surface area contributed by atoms with Crippen LogP contribution in [0.3, 0.4) is 0 Å². The number of anilines is 1. The number of benzene rings is 1. The Morgan fingerprint density at radius 2 is 2.05 bits per heavy atom. The van der Waals surface area contributed by atoms with E-state index in [0.717, 1.165) is 0 Å². The molecule has 1 fully saturated rings. The van der Waals surface area contributed by atoms with Crippen molar-refractivity contribution >= 4 is 23.0 Å². The number of halogens is 1. The normalized spacial score (nSPS) is 30.0. The molecule has 8 nitrogen and oxygen atoms in total. The van der Waals surface area contributed by atoms with Gasteiger partial charge in [0.2, 0.25) is 0 Å². The first kappa shape index (κ1) is 14.9. The molecule has 2 rings (SSSR count). The predicted octanol–water partition coefficient (Wildman–Crippen LogP) is 0.0991. The molecule has 4 N–H and O–H groups in total. The summed E-state index contributed by atoms with van der Waals surface area (Å²) >= 11 is 5.68. The lowest BCUT2D eigenvalue weighted by molar-refractivity contribution is -0.384. The third kappa shape index (κ3) is 3.00. The Morgan fingerprint density at radius 3 is 2.70 bits per heavy atom. The maximum absolute atomic E-state index is 10.8. The van der Waals surface area contributed by atoms with Gasteiger partial charge in [0.25, 0.3) is 5.69 Å². The van der Waals surface area contributed by atoms with Gasteiger partial charge in [-0.15, -0.1) is 0 Å². The number of ether oxygens (including phenoxy) is 1. The maximum Gasteiger partial charge on any atom is 0.289 e. The van der Waals surface area contributed by atoms with Gasteiger partial charge in [-0.25, -0.2) is 0 Å². The second kappa shape index (κ2) is 5.90. The van der Waals surface area contributed by atoms with Crippen molar-refractivity contribution in [3.63, 3.8) is 0 Å². The van der Waals surface area contributed by atoms with Crippen molar-refractivity contribution in [2.24, 2.45) is 0 Å². The summed E-state index contributed by atoms with van der Waals surface area (Å²) < 4.78 is 5.13. The summed E-state index contributed by atoms with van der Waals surface area (Å²) in [6.45, 7) is -0.161. The molecule has 1 aliphatic heterocycles. The Labute approximate surface area is 118 Å². The summed E-state index contributed by atoms with van der Waals surface area (Å²) in [5, 5.41) is 42.0. The molecule has 0 unspecified atom stereocenters. The molecule has 1 saturated heterocycles. The van der Waals surface area contributed by atoms with Crippen molar-refractivity contribution in [3.8, 4) is 0 Å². The molecule has 0 saturated carbocycles. The Balaban J connectivity index is 2.14. The van der Waals surface area contributed by atoms with Crippen LogP contribution in [0.5, 0.6) is 0 Å². The highest BCUT2D eigenvalue weighted by atomic mass is 35.5. The molecule has 0 spiro atoms. The zero-order chi connectivity index (χ0) is 14.9. The van der Waals surface area contributed by atoms with Gasteiger partial charge in [-0.3, -0.25) is 10.1 Å². The van der Waals surface area contributed by atoms with E-state index in [9.17, 15) is 25.4 Å². The topological polar surface area (TPSA) is 125 Å². The molecule has 1 aliphatic rings. The lowest BCUT2D eigenvalue weighted by Crippen LogP contribution is -2.55. The predicted molar refractivity (Wildman–Crippen MR) is 69.5 cm³/mol. The van der Waals surface area contributed by atoms with E-state index in [-0.39, 0.29) is 17.3 Å². The van der Waals surface area contributed by atoms with Crippen molar-refractivity contribution in [2.45, 2.75) is 24.5 Å². The number of hydrogen-bond donors (Lipinski definition) is 4. The van der Waals surface area contributed by atoms with Gasteiger partial charge in [-0.05, 0) is 12.1 Å². The van der Waals surface area contributed by atoms with Gasteiger partial charge in [0.15, 0.2) is 6.23 Å².